The molecule has 19 heavy (non-hydrogen) atoms. The molecule has 0 radical (unpaired) electrons. The highest BCUT2D eigenvalue weighted by Crippen LogP contribution is 2.32. The van der Waals surface area contributed by atoms with Gasteiger partial charge in [-0.25, -0.2) is 8.42 Å². The molecule has 0 aromatic heterocycles. The van der Waals surface area contributed by atoms with E-state index in [0.717, 1.165) is 12.8 Å². The van der Waals surface area contributed by atoms with Crippen molar-refractivity contribution in [1.82, 2.24) is 0 Å². The van der Waals surface area contributed by atoms with Gasteiger partial charge >= 0.3 is 0 Å². The molecule has 1 aliphatic rings. The van der Waals surface area contributed by atoms with Crippen LogP contribution in [0.25, 0.3) is 0 Å². The molecule has 1 aliphatic carbocycles. The van der Waals surface area contributed by atoms with E-state index in [0.29, 0.717) is 30.7 Å². The second-order valence-electron chi connectivity index (χ2n) is 5.22. The number of ether oxygens (including phenoxy) is 1. The van der Waals surface area contributed by atoms with Gasteiger partial charge in [-0.1, -0.05) is 18.6 Å². The van der Waals surface area contributed by atoms with Gasteiger partial charge in [0.2, 0.25) is 0 Å². The first-order chi connectivity index (χ1) is 9.02. The van der Waals surface area contributed by atoms with Crippen LogP contribution in [0.1, 0.15) is 19.3 Å². The molecular weight excluding hydrogens is 262 g/mol. The van der Waals surface area contributed by atoms with Crippen molar-refractivity contribution in [2.75, 3.05) is 19.4 Å². The van der Waals surface area contributed by atoms with E-state index in [-0.39, 0.29) is 4.90 Å². The zero-order chi connectivity index (χ0) is 13.9. The summed E-state index contributed by atoms with van der Waals surface area (Å²) in [5.74, 6) is 1.40. The lowest BCUT2D eigenvalue weighted by molar-refractivity contribution is 0.212. The third-order valence-corrected chi connectivity index (χ3v) is 4.96. The first-order valence-corrected chi connectivity index (χ1v) is 8.53. The van der Waals surface area contributed by atoms with Crippen molar-refractivity contribution in [1.29, 1.82) is 0 Å². The van der Waals surface area contributed by atoms with Crippen LogP contribution in [0.4, 0.5) is 0 Å². The monoisotopic (exact) mass is 283 g/mol. The molecule has 2 rings (SSSR count). The Morgan fingerprint density at radius 3 is 2.63 bits per heavy atom. The maximum Gasteiger partial charge on any atom is 0.179 e. The van der Waals surface area contributed by atoms with Crippen molar-refractivity contribution in [2.24, 2.45) is 17.6 Å². The summed E-state index contributed by atoms with van der Waals surface area (Å²) >= 11 is 0. The standard InChI is InChI=1S/C14H21NO3S/c1-19(16,17)14-8-3-2-7-13(14)18-10-12-6-4-5-11(12)9-15/h2-3,7-8,11-12H,4-6,9-10,15H2,1H3. The maximum absolute atomic E-state index is 11.7. The molecule has 5 heteroatoms. The smallest absolute Gasteiger partial charge is 0.179 e. The second kappa shape index (κ2) is 5.92. The highest BCUT2D eigenvalue weighted by molar-refractivity contribution is 7.90. The van der Waals surface area contributed by atoms with Crippen LogP contribution >= 0.6 is 0 Å². The summed E-state index contributed by atoms with van der Waals surface area (Å²) in [6.45, 7) is 1.23. The van der Waals surface area contributed by atoms with Gasteiger partial charge < -0.3 is 10.5 Å². The topological polar surface area (TPSA) is 69.4 Å². The fourth-order valence-corrected chi connectivity index (χ4v) is 3.53. The van der Waals surface area contributed by atoms with Gasteiger partial charge in [-0.3, -0.25) is 0 Å². The van der Waals surface area contributed by atoms with Crippen LogP contribution in [0.15, 0.2) is 29.2 Å². The first kappa shape index (κ1) is 14.3. The van der Waals surface area contributed by atoms with Gasteiger partial charge in [-0.2, -0.15) is 0 Å². The molecule has 0 bridgehead atoms. The Kier molecular flexibility index (Phi) is 4.47. The van der Waals surface area contributed by atoms with Gasteiger partial charge in [-0.15, -0.1) is 0 Å². The van der Waals surface area contributed by atoms with E-state index >= 15 is 0 Å². The van der Waals surface area contributed by atoms with Gasteiger partial charge in [0.1, 0.15) is 10.6 Å². The lowest BCUT2D eigenvalue weighted by atomic mass is 9.97. The van der Waals surface area contributed by atoms with E-state index in [9.17, 15) is 8.42 Å². The third kappa shape index (κ3) is 3.48. The van der Waals surface area contributed by atoms with Crippen LogP contribution in [0.2, 0.25) is 0 Å². The molecule has 106 valence electrons. The van der Waals surface area contributed by atoms with Gasteiger partial charge in [0, 0.05) is 6.26 Å². The van der Waals surface area contributed by atoms with E-state index in [4.69, 9.17) is 10.5 Å². The van der Waals surface area contributed by atoms with Crippen molar-refractivity contribution >= 4 is 9.84 Å². The largest absolute Gasteiger partial charge is 0.492 e. The van der Waals surface area contributed by atoms with Crippen LogP contribution in [-0.4, -0.2) is 27.8 Å². The Hall–Kier alpha value is -1.07. The molecule has 0 saturated heterocycles. The van der Waals surface area contributed by atoms with Gasteiger partial charge in [0.05, 0.1) is 6.61 Å². The Balaban J connectivity index is 2.08. The number of sulfone groups is 1. The summed E-state index contributed by atoms with van der Waals surface area (Å²) in [6, 6.07) is 6.79. The fraction of sp³-hybridized carbons (Fsp3) is 0.571. The number of para-hydroxylation sites is 1. The van der Waals surface area contributed by atoms with Crippen LogP contribution in [-0.2, 0) is 9.84 Å². The summed E-state index contributed by atoms with van der Waals surface area (Å²) < 4.78 is 29.1. The van der Waals surface area contributed by atoms with Crippen molar-refractivity contribution < 1.29 is 13.2 Å². The minimum absolute atomic E-state index is 0.261. The lowest BCUT2D eigenvalue weighted by Gasteiger charge is -2.19. The first-order valence-electron chi connectivity index (χ1n) is 6.64. The maximum atomic E-state index is 11.7. The number of benzene rings is 1. The predicted molar refractivity (Wildman–Crippen MR) is 74.9 cm³/mol. The average Bonchev–Trinajstić information content (AvgIpc) is 2.83. The van der Waals surface area contributed by atoms with Crippen molar-refractivity contribution in [2.45, 2.75) is 24.2 Å². The summed E-state index contributed by atoms with van der Waals surface area (Å²) in [5.41, 5.74) is 5.74. The van der Waals surface area contributed by atoms with Gasteiger partial charge in [-0.05, 0) is 43.4 Å². The Labute approximate surface area is 114 Å². The third-order valence-electron chi connectivity index (χ3n) is 3.82. The van der Waals surface area contributed by atoms with E-state index in [1.807, 2.05) is 0 Å². The molecule has 2 unspecified atom stereocenters. The van der Waals surface area contributed by atoms with Gasteiger partial charge in [0.15, 0.2) is 9.84 Å². The molecule has 0 amide bonds. The molecule has 1 saturated carbocycles. The Bertz CT molecular complexity index is 527. The van der Waals surface area contributed by atoms with Gasteiger partial charge in [0.25, 0.3) is 0 Å². The molecular formula is C14H21NO3S. The van der Waals surface area contributed by atoms with Crippen LogP contribution in [0, 0.1) is 11.8 Å². The van der Waals surface area contributed by atoms with Crippen LogP contribution in [0.3, 0.4) is 0 Å². The molecule has 2 N–H and O–H groups in total. The van der Waals surface area contributed by atoms with Crippen LogP contribution < -0.4 is 10.5 Å². The Morgan fingerprint density at radius 2 is 1.95 bits per heavy atom. The molecule has 1 fully saturated rings. The van der Waals surface area contributed by atoms with Crippen molar-refractivity contribution in [3.8, 4) is 5.75 Å². The molecule has 1 aromatic carbocycles. The zero-order valence-electron chi connectivity index (χ0n) is 11.2. The van der Waals surface area contributed by atoms with E-state index in [2.05, 4.69) is 0 Å². The van der Waals surface area contributed by atoms with Crippen molar-refractivity contribution in [3.63, 3.8) is 0 Å². The van der Waals surface area contributed by atoms with Crippen molar-refractivity contribution in [3.05, 3.63) is 24.3 Å². The van der Waals surface area contributed by atoms with E-state index in [1.165, 1.54) is 12.7 Å². The number of rotatable bonds is 5. The molecule has 0 heterocycles. The summed E-state index contributed by atoms with van der Waals surface area (Å²) in [7, 11) is -3.25. The number of nitrogens with two attached hydrogens (primary N) is 1. The number of hydrogen-bond acceptors (Lipinski definition) is 4. The SMILES string of the molecule is CS(=O)(=O)c1ccccc1OCC1CCCC1CN. The minimum Gasteiger partial charge on any atom is -0.492 e. The van der Waals surface area contributed by atoms with Crippen LogP contribution in [0.5, 0.6) is 5.75 Å². The predicted octanol–water partition coefficient (Wildman–Crippen LogP) is 1.84. The van der Waals surface area contributed by atoms with E-state index in [1.54, 1.807) is 24.3 Å². The Morgan fingerprint density at radius 1 is 1.26 bits per heavy atom. The average molecular weight is 283 g/mol. The zero-order valence-corrected chi connectivity index (χ0v) is 12.0. The molecule has 1 aromatic rings. The highest BCUT2D eigenvalue weighted by atomic mass is 32.2. The summed E-state index contributed by atoms with van der Waals surface area (Å²) in [4.78, 5) is 0.261. The molecule has 0 spiro atoms. The highest BCUT2D eigenvalue weighted by Gasteiger charge is 2.27. The summed E-state index contributed by atoms with van der Waals surface area (Å²) in [6.07, 6.45) is 4.65. The summed E-state index contributed by atoms with van der Waals surface area (Å²) in [5, 5.41) is 0. The number of hydrogen-bond donors (Lipinski definition) is 1. The minimum atomic E-state index is -3.25. The molecule has 4 nitrogen and oxygen atoms in total. The lowest BCUT2D eigenvalue weighted by Crippen LogP contribution is -2.23. The second-order valence-corrected chi connectivity index (χ2v) is 7.20. The quantitative estimate of drug-likeness (QED) is 0.895. The normalized spacial score (nSPS) is 23.5. The molecule has 0 aliphatic heterocycles. The fourth-order valence-electron chi connectivity index (χ4n) is 2.72. The van der Waals surface area contributed by atoms with E-state index < -0.39 is 9.84 Å². The molecule has 2 atom stereocenters.